The number of hydrogen-bond acceptors (Lipinski definition) is 5. The van der Waals surface area contributed by atoms with Gasteiger partial charge in [0.25, 0.3) is 0 Å². The highest BCUT2D eigenvalue weighted by molar-refractivity contribution is 7.99. The van der Waals surface area contributed by atoms with Gasteiger partial charge < -0.3 is 19.6 Å². The third kappa shape index (κ3) is 6.80. The predicted octanol–water partition coefficient (Wildman–Crippen LogP) is 2.59. The van der Waals surface area contributed by atoms with Crippen LogP contribution in [0.5, 0.6) is 5.75 Å². The van der Waals surface area contributed by atoms with Gasteiger partial charge in [-0.3, -0.25) is 4.79 Å². The minimum atomic E-state index is 0.00291. The normalized spacial score (nSPS) is 10.5. The van der Waals surface area contributed by atoms with Crippen molar-refractivity contribution in [3.8, 4) is 5.75 Å². The summed E-state index contributed by atoms with van der Waals surface area (Å²) in [6.45, 7) is 1.11. The van der Waals surface area contributed by atoms with Crippen LogP contribution in [0, 0.1) is 0 Å². The fourth-order valence-electron chi connectivity index (χ4n) is 1.91. The van der Waals surface area contributed by atoms with Crippen molar-refractivity contribution in [2.24, 2.45) is 0 Å². The standard InChI is InChI=1S/C17H21NO4S/c19-11-14-4-1-5-15(10-14)21-9-3-7-18-17(20)13-23-12-16-6-2-8-22-16/h1-2,4-6,8,10,19H,3,7,9,11-13H2,(H,18,20). The molecule has 0 fully saturated rings. The number of hydrogen-bond donors (Lipinski definition) is 2. The Balaban J connectivity index is 1.51. The van der Waals surface area contributed by atoms with Crippen molar-refractivity contribution in [3.63, 3.8) is 0 Å². The molecule has 5 nitrogen and oxygen atoms in total. The molecule has 1 aromatic carbocycles. The number of amides is 1. The first-order chi connectivity index (χ1) is 11.3. The summed E-state index contributed by atoms with van der Waals surface area (Å²) in [5.74, 6) is 2.74. The van der Waals surface area contributed by atoms with E-state index in [0.717, 1.165) is 23.5 Å². The summed E-state index contributed by atoms with van der Waals surface area (Å²) in [6.07, 6.45) is 2.37. The first kappa shape index (κ1) is 17.4. The number of furan rings is 1. The zero-order valence-electron chi connectivity index (χ0n) is 12.9. The van der Waals surface area contributed by atoms with E-state index in [9.17, 15) is 4.79 Å². The van der Waals surface area contributed by atoms with Gasteiger partial charge in [-0.15, -0.1) is 11.8 Å². The summed E-state index contributed by atoms with van der Waals surface area (Å²) in [5.41, 5.74) is 0.824. The number of benzene rings is 1. The van der Waals surface area contributed by atoms with Gasteiger partial charge in [-0.05, 0) is 36.2 Å². The molecular weight excluding hydrogens is 314 g/mol. The van der Waals surface area contributed by atoms with E-state index in [2.05, 4.69) is 5.32 Å². The molecule has 0 aliphatic rings. The first-order valence-corrected chi connectivity index (χ1v) is 8.63. The molecule has 1 amide bonds. The second kappa shape index (κ2) is 9.97. The SMILES string of the molecule is O=C(CSCc1ccco1)NCCCOc1cccc(CO)c1. The second-order valence-electron chi connectivity index (χ2n) is 4.93. The molecule has 0 atom stereocenters. The van der Waals surface area contributed by atoms with Crippen molar-refractivity contribution in [2.45, 2.75) is 18.8 Å². The Bertz CT molecular complexity index is 586. The summed E-state index contributed by atoms with van der Waals surface area (Å²) in [4.78, 5) is 11.7. The molecule has 0 spiro atoms. The van der Waals surface area contributed by atoms with Gasteiger partial charge in [0.05, 0.1) is 31.0 Å². The zero-order valence-corrected chi connectivity index (χ0v) is 13.7. The topological polar surface area (TPSA) is 71.7 Å². The molecule has 2 N–H and O–H groups in total. The molecule has 0 saturated carbocycles. The van der Waals surface area contributed by atoms with Gasteiger partial charge in [-0.1, -0.05) is 12.1 Å². The van der Waals surface area contributed by atoms with Gasteiger partial charge in [-0.25, -0.2) is 0 Å². The first-order valence-electron chi connectivity index (χ1n) is 7.47. The molecule has 1 heterocycles. The van der Waals surface area contributed by atoms with Gasteiger partial charge in [-0.2, -0.15) is 0 Å². The zero-order chi connectivity index (χ0) is 16.3. The van der Waals surface area contributed by atoms with Crippen molar-refractivity contribution < 1.29 is 19.1 Å². The Morgan fingerprint density at radius 1 is 1.30 bits per heavy atom. The molecule has 0 radical (unpaired) electrons. The number of aliphatic hydroxyl groups excluding tert-OH is 1. The Morgan fingerprint density at radius 3 is 3.00 bits per heavy atom. The summed E-state index contributed by atoms with van der Waals surface area (Å²) < 4.78 is 10.8. The maximum Gasteiger partial charge on any atom is 0.230 e. The van der Waals surface area contributed by atoms with E-state index in [0.29, 0.717) is 24.7 Å². The minimum Gasteiger partial charge on any atom is -0.494 e. The summed E-state index contributed by atoms with van der Waals surface area (Å²) >= 11 is 1.52. The number of aliphatic hydroxyl groups is 1. The lowest BCUT2D eigenvalue weighted by Gasteiger charge is -2.08. The van der Waals surface area contributed by atoms with Crippen LogP contribution in [0.25, 0.3) is 0 Å². The molecule has 2 rings (SSSR count). The minimum absolute atomic E-state index is 0.00291. The number of thioether (sulfide) groups is 1. The predicted molar refractivity (Wildman–Crippen MR) is 90.4 cm³/mol. The molecule has 1 aromatic heterocycles. The van der Waals surface area contributed by atoms with Crippen LogP contribution in [0.2, 0.25) is 0 Å². The molecule has 0 aliphatic carbocycles. The van der Waals surface area contributed by atoms with E-state index < -0.39 is 0 Å². The monoisotopic (exact) mass is 335 g/mol. The average Bonchev–Trinajstić information content (AvgIpc) is 3.08. The molecule has 124 valence electrons. The smallest absolute Gasteiger partial charge is 0.230 e. The Kier molecular flexibility index (Phi) is 7.56. The summed E-state index contributed by atoms with van der Waals surface area (Å²) in [5, 5.41) is 11.9. The van der Waals surface area contributed by atoms with Gasteiger partial charge in [0.2, 0.25) is 5.91 Å². The van der Waals surface area contributed by atoms with Gasteiger partial charge in [0.15, 0.2) is 0 Å². The van der Waals surface area contributed by atoms with Crippen molar-refractivity contribution in [1.29, 1.82) is 0 Å². The highest BCUT2D eigenvalue weighted by Gasteiger charge is 2.03. The fraction of sp³-hybridized carbons (Fsp3) is 0.353. The van der Waals surface area contributed by atoms with Crippen LogP contribution in [0.1, 0.15) is 17.7 Å². The molecule has 6 heteroatoms. The Morgan fingerprint density at radius 2 is 2.22 bits per heavy atom. The summed E-state index contributed by atoms with van der Waals surface area (Å²) in [6, 6.07) is 11.1. The van der Waals surface area contributed by atoms with Gasteiger partial charge in [0.1, 0.15) is 11.5 Å². The summed E-state index contributed by atoms with van der Waals surface area (Å²) in [7, 11) is 0. The maximum atomic E-state index is 11.7. The number of nitrogens with one attached hydrogen (secondary N) is 1. The fourth-order valence-corrected chi connectivity index (χ4v) is 2.67. The Labute approximate surface area is 140 Å². The largest absolute Gasteiger partial charge is 0.494 e. The third-order valence-corrected chi connectivity index (χ3v) is 4.01. The van der Waals surface area contributed by atoms with Crippen molar-refractivity contribution in [1.82, 2.24) is 5.32 Å². The molecule has 0 saturated heterocycles. The quantitative estimate of drug-likeness (QED) is 0.653. The molecule has 23 heavy (non-hydrogen) atoms. The molecular formula is C17H21NO4S. The maximum absolute atomic E-state index is 11.7. The van der Waals surface area contributed by atoms with Crippen LogP contribution in [-0.4, -0.2) is 29.9 Å². The van der Waals surface area contributed by atoms with Crippen LogP contribution >= 0.6 is 11.8 Å². The van der Waals surface area contributed by atoms with E-state index in [1.54, 1.807) is 6.26 Å². The molecule has 0 unspecified atom stereocenters. The van der Waals surface area contributed by atoms with E-state index in [4.69, 9.17) is 14.3 Å². The van der Waals surface area contributed by atoms with E-state index in [1.165, 1.54) is 11.8 Å². The lowest BCUT2D eigenvalue weighted by Crippen LogP contribution is -2.27. The van der Waals surface area contributed by atoms with Crippen LogP contribution in [0.3, 0.4) is 0 Å². The third-order valence-electron chi connectivity index (χ3n) is 3.05. The number of carbonyl (C=O) groups is 1. The van der Waals surface area contributed by atoms with Gasteiger partial charge >= 0.3 is 0 Å². The number of rotatable bonds is 10. The lowest BCUT2D eigenvalue weighted by atomic mass is 10.2. The van der Waals surface area contributed by atoms with Crippen molar-refractivity contribution in [2.75, 3.05) is 18.9 Å². The van der Waals surface area contributed by atoms with E-state index >= 15 is 0 Å². The van der Waals surface area contributed by atoms with Crippen LogP contribution in [0.4, 0.5) is 0 Å². The van der Waals surface area contributed by atoms with Crippen LogP contribution < -0.4 is 10.1 Å². The van der Waals surface area contributed by atoms with Crippen LogP contribution in [-0.2, 0) is 17.2 Å². The average molecular weight is 335 g/mol. The van der Waals surface area contributed by atoms with Gasteiger partial charge in [0, 0.05) is 6.54 Å². The number of carbonyl (C=O) groups excluding carboxylic acids is 1. The number of ether oxygens (including phenoxy) is 1. The van der Waals surface area contributed by atoms with Crippen LogP contribution in [0.15, 0.2) is 47.1 Å². The molecule has 2 aromatic rings. The Hall–Kier alpha value is -1.92. The highest BCUT2D eigenvalue weighted by Crippen LogP contribution is 2.13. The highest BCUT2D eigenvalue weighted by atomic mass is 32.2. The second-order valence-corrected chi connectivity index (χ2v) is 5.92. The molecule has 0 aliphatic heterocycles. The molecule has 0 bridgehead atoms. The lowest BCUT2D eigenvalue weighted by molar-refractivity contribution is -0.118. The van der Waals surface area contributed by atoms with E-state index in [1.807, 2.05) is 36.4 Å². The van der Waals surface area contributed by atoms with Crippen molar-refractivity contribution in [3.05, 3.63) is 54.0 Å². The van der Waals surface area contributed by atoms with E-state index in [-0.39, 0.29) is 12.5 Å². The van der Waals surface area contributed by atoms with Crippen molar-refractivity contribution >= 4 is 17.7 Å².